The summed E-state index contributed by atoms with van der Waals surface area (Å²) in [6, 6.07) is 3.23. The average Bonchev–Trinajstić information content (AvgIpc) is 2.29. The number of hydrogen-bond donors (Lipinski definition) is 0. The summed E-state index contributed by atoms with van der Waals surface area (Å²) in [4.78, 5) is 22.5. The number of aldehydes is 1. The zero-order valence-corrected chi connectivity index (χ0v) is 13.4. The van der Waals surface area contributed by atoms with Gasteiger partial charge >= 0.3 is 0 Å². The number of nitrogens with zero attached hydrogens (tertiary/aromatic N) is 1. The Labute approximate surface area is 115 Å². The maximum atomic E-state index is 11.8. The zero-order chi connectivity index (χ0) is 14.7. The number of aromatic nitrogens is 1. The van der Waals surface area contributed by atoms with E-state index in [0.29, 0.717) is 19.4 Å². The van der Waals surface area contributed by atoms with Crippen molar-refractivity contribution in [2.45, 2.75) is 45.4 Å². The molecule has 0 amide bonds. The van der Waals surface area contributed by atoms with Crippen LogP contribution in [-0.4, -0.2) is 25.8 Å². The molecule has 4 nitrogen and oxygen atoms in total. The van der Waals surface area contributed by atoms with E-state index in [9.17, 15) is 9.59 Å². The normalized spacial score (nSPS) is 12.5. The van der Waals surface area contributed by atoms with Crippen molar-refractivity contribution in [3.05, 3.63) is 34.2 Å². The second-order valence-electron chi connectivity index (χ2n) is 6.19. The quantitative estimate of drug-likeness (QED) is 0.616. The van der Waals surface area contributed by atoms with Gasteiger partial charge in [-0.25, -0.2) is 0 Å². The molecule has 0 bridgehead atoms. The van der Waals surface area contributed by atoms with Crippen LogP contribution in [0.3, 0.4) is 0 Å². The highest BCUT2D eigenvalue weighted by molar-refractivity contribution is 6.74. The lowest BCUT2D eigenvalue weighted by Gasteiger charge is -2.36. The number of rotatable bonds is 5. The summed E-state index contributed by atoms with van der Waals surface area (Å²) >= 11 is 0. The molecule has 0 aliphatic carbocycles. The van der Waals surface area contributed by atoms with Gasteiger partial charge in [-0.1, -0.05) is 20.8 Å². The molecular formula is C14H23NO3Si. The Hall–Kier alpha value is -1.20. The topological polar surface area (TPSA) is 48.3 Å². The lowest BCUT2D eigenvalue weighted by molar-refractivity contribution is 0.112. The van der Waals surface area contributed by atoms with Gasteiger partial charge in [0.1, 0.15) is 0 Å². The van der Waals surface area contributed by atoms with Crippen LogP contribution in [0.2, 0.25) is 18.1 Å². The maximum Gasteiger partial charge on any atom is 0.261 e. The molecule has 0 saturated carbocycles. The number of pyridine rings is 1. The summed E-state index contributed by atoms with van der Waals surface area (Å²) in [5, 5.41) is 0.155. The fourth-order valence-corrected chi connectivity index (χ4v) is 2.47. The van der Waals surface area contributed by atoms with E-state index >= 15 is 0 Å². The highest BCUT2D eigenvalue weighted by atomic mass is 28.4. The first kappa shape index (κ1) is 15.9. The van der Waals surface area contributed by atoms with Crippen molar-refractivity contribution >= 4 is 14.6 Å². The molecule has 1 aromatic heterocycles. The van der Waals surface area contributed by atoms with Crippen molar-refractivity contribution in [3.63, 3.8) is 0 Å². The molecule has 0 aromatic carbocycles. The number of hydrogen-bond acceptors (Lipinski definition) is 3. The first-order valence-electron chi connectivity index (χ1n) is 6.47. The van der Waals surface area contributed by atoms with Gasteiger partial charge in [0.05, 0.1) is 12.2 Å². The first-order valence-corrected chi connectivity index (χ1v) is 9.38. The standard InChI is InChI=1S/C14H23NO3Si/c1-14(2,3)19(4,5)18-10-9-15-8-6-7-12(11-16)13(15)17/h6-8,11H,9-10H2,1-5H3. The Bertz CT molecular complexity index is 500. The lowest BCUT2D eigenvalue weighted by Crippen LogP contribution is -2.41. The molecule has 1 aromatic rings. The number of carbonyl (C=O) groups excluding carboxylic acids is 1. The van der Waals surface area contributed by atoms with Crippen LogP contribution in [-0.2, 0) is 11.0 Å². The Morgan fingerprint density at radius 3 is 2.53 bits per heavy atom. The minimum Gasteiger partial charge on any atom is -0.415 e. The first-order chi connectivity index (χ1) is 8.69. The predicted octanol–water partition coefficient (Wildman–Crippen LogP) is 2.68. The van der Waals surface area contributed by atoms with Gasteiger partial charge in [-0.3, -0.25) is 9.59 Å². The van der Waals surface area contributed by atoms with Gasteiger partial charge in [-0.2, -0.15) is 0 Å². The number of carbonyl (C=O) groups is 1. The summed E-state index contributed by atoms with van der Waals surface area (Å²) in [6.07, 6.45) is 2.28. The van der Waals surface area contributed by atoms with Crippen molar-refractivity contribution in [1.82, 2.24) is 4.57 Å². The van der Waals surface area contributed by atoms with Gasteiger partial charge in [0.25, 0.3) is 5.56 Å². The molecule has 106 valence electrons. The lowest BCUT2D eigenvalue weighted by atomic mass is 10.2. The summed E-state index contributed by atoms with van der Waals surface area (Å²) < 4.78 is 7.54. The molecular weight excluding hydrogens is 258 g/mol. The molecule has 0 spiro atoms. The van der Waals surface area contributed by atoms with E-state index in [0.717, 1.165) is 0 Å². The molecule has 19 heavy (non-hydrogen) atoms. The molecule has 5 heteroatoms. The Balaban J connectivity index is 2.69. The van der Waals surface area contributed by atoms with E-state index in [-0.39, 0.29) is 16.2 Å². The highest BCUT2D eigenvalue weighted by Gasteiger charge is 2.36. The highest BCUT2D eigenvalue weighted by Crippen LogP contribution is 2.36. The molecule has 0 atom stereocenters. The molecule has 0 aliphatic heterocycles. The predicted molar refractivity (Wildman–Crippen MR) is 79.2 cm³/mol. The van der Waals surface area contributed by atoms with Crippen molar-refractivity contribution in [3.8, 4) is 0 Å². The average molecular weight is 281 g/mol. The monoisotopic (exact) mass is 281 g/mol. The summed E-state index contributed by atoms with van der Waals surface area (Å²) in [5.41, 5.74) is -0.0637. The van der Waals surface area contributed by atoms with Crippen molar-refractivity contribution in [2.24, 2.45) is 0 Å². The van der Waals surface area contributed by atoms with Gasteiger partial charge in [-0.15, -0.1) is 0 Å². The Kier molecular flexibility index (Phi) is 4.87. The van der Waals surface area contributed by atoms with Gasteiger partial charge < -0.3 is 8.99 Å². The van der Waals surface area contributed by atoms with Crippen molar-refractivity contribution in [2.75, 3.05) is 6.61 Å². The Morgan fingerprint density at radius 2 is 2.00 bits per heavy atom. The van der Waals surface area contributed by atoms with E-state index in [2.05, 4.69) is 33.9 Å². The third-order valence-electron chi connectivity index (χ3n) is 3.78. The third-order valence-corrected chi connectivity index (χ3v) is 8.32. The summed E-state index contributed by atoms with van der Waals surface area (Å²) in [6.45, 7) is 11.9. The van der Waals surface area contributed by atoms with Crippen LogP contribution in [0.5, 0.6) is 0 Å². The molecule has 0 aliphatic rings. The van der Waals surface area contributed by atoms with Crippen LogP contribution in [0.15, 0.2) is 23.1 Å². The fourth-order valence-electron chi connectivity index (χ4n) is 1.44. The summed E-state index contributed by atoms with van der Waals surface area (Å²) in [7, 11) is -1.78. The van der Waals surface area contributed by atoms with E-state index in [1.165, 1.54) is 10.6 Å². The van der Waals surface area contributed by atoms with Gasteiger partial charge in [0.15, 0.2) is 14.6 Å². The third kappa shape index (κ3) is 3.88. The molecule has 0 radical (unpaired) electrons. The van der Waals surface area contributed by atoms with Crippen molar-refractivity contribution in [1.29, 1.82) is 0 Å². The smallest absolute Gasteiger partial charge is 0.261 e. The molecule has 1 heterocycles. The van der Waals surface area contributed by atoms with Gasteiger partial charge in [0, 0.05) is 12.7 Å². The summed E-state index contributed by atoms with van der Waals surface area (Å²) in [5.74, 6) is 0. The van der Waals surface area contributed by atoms with Gasteiger partial charge in [0.2, 0.25) is 0 Å². The van der Waals surface area contributed by atoms with Crippen LogP contribution < -0.4 is 5.56 Å². The van der Waals surface area contributed by atoms with Crippen LogP contribution in [0.4, 0.5) is 0 Å². The zero-order valence-electron chi connectivity index (χ0n) is 12.4. The molecule has 1 rings (SSSR count). The molecule has 0 saturated heterocycles. The van der Waals surface area contributed by atoms with Gasteiger partial charge in [-0.05, 0) is 30.3 Å². The van der Waals surface area contributed by atoms with E-state index < -0.39 is 8.32 Å². The second kappa shape index (κ2) is 5.84. The molecule has 0 unspecified atom stereocenters. The minimum absolute atomic E-state index is 0.155. The van der Waals surface area contributed by atoms with Crippen molar-refractivity contribution < 1.29 is 9.22 Å². The van der Waals surface area contributed by atoms with Crippen LogP contribution >= 0.6 is 0 Å². The molecule has 0 fully saturated rings. The minimum atomic E-state index is -1.78. The van der Waals surface area contributed by atoms with Crippen LogP contribution in [0, 0.1) is 0 Å². The Morgan fingerprint density at radius 1 is 1.37 bits per heavy atom. The SMILES string of the molecule is CC(C)(C)[Si](C)(C)OCCn1cccc(C=O)c1=O. The van der Waals surface area contributed by atoms with E-state index in [1.807, 2.05) is 0 Å². The maximum absolute atomic E-state index is 11.8. The van der Waals surface area contributed by atoms with Crippen LogP contribution in [0.1, 0.15) is 31.1 Å². The van der Waals surface area contributed by atoms with Crippen LogP contribution in [0.25, 0.3) is 0 Å². The van der Waals surface area contributed by atoms with E-state index in [4.69, 9.17) is 4.43 Å². The largest absolute Gasteiger partial charge is 0.415 e. The second-order valence-corrected chi connectivity index (χ2v) is 11.0. The van der Waals surface area contributed by atoms with E-state index in [1.54, 1.807) is 12.3 Å². The fraction of sp³-hybridized carbons (Fsp3) is 0.571. The molecule has 0 N–H and O–H groups in total.